The minimum Gasteiger partial charge on any atom is -0.497 e. The van der Waals surface area contributed by atoms with E-state index < -0.39 is 0 Å². The Balaban J connectivity index is 1.40. The summed E-state index contributed by atoms with van der Waals surface area (Å²) in [5, 5.41) is 0. The largest absolute Gasteiger partial charge is 0.497 e. The molecular formula is C24H26N4O2. The summed E-state index contributed by atoms with van der Waals surface area (Å²) in [7, 11) is 1.64. The van der Waals surface area contributed by atoms with Crippen molar-refractivity contribution in [1.82, 2.24) is 19.8 Å². The third-order valence-corrected chi connectivity index (χ3v) is 5.47. The van der Waals surface area contributed by atoms with Crippen LogP contribution in [0.2, 0.25) is 0 Å². The summed E-state index contributed by atoms with van der Waals surface area (Å²) >= 11 is 0. The average molecular weight is 402 g/mol. The Bertz CT molecular complexity index is 997. The van der Waals surface area contributed by atoms with E-state index in [0.717, 1.165) is 30.9 Å². The average Bonchev–Trinajstić information content (AvgIpc) is 2.80. The van der Waals surface area contributed by atoms with E-state index in [2.05, 4.69) is 39.1 Å². The number of amides is 1. The van der Waals surface area contributed by atoms with E-state index in [1.54, 1.807) is 13.3 Å². The molecule has 0 aliphatic carbocycles. The molecule has 0 radical (unpaired) electrons. The van der Waals surface area contributed by atoms with Crippen molar-refractivity contribution in [1.29, 1.82) is 0 Å². The first-order valence-electron chi connectivity index (χ1n) is 10.2. The molecule has 0 saturated carbocycles. The lowest BCUT2D eigenvalue weighted by Gasteiger charge is -2.34. The Kier molecular flexibility index (Phi) is 6.05. The van der Waals surface area contributed by atoms with Gasteiger partial charge in [-0.25, -0.2) is 9.97 Å². The van der Waals surface area contributed by atoms with Crippen LogP contribution in [0.1, 0.15) is 21.6 Å². The third-order valence-electron chi connectivity index (χ3n) is 5.47. The zero-order valence-corrected chi connectivity index (χ0v) is 17.4. The van der Waals surface area contributed by atoms with Crippen LogP contribution < -0.4 is 4.74 Å². The maximum atomic E-state index is 13.0. The number of benzene rings is 2. The Morgan fingerprint density at radius 2 is 1.70 bits per heavy atom. The van der Waals surface area contributed by atoms with E-state index in [9.17, 15) is 4.79 Å². The first-order chi connectivity index (χ1) is 14.6. The van der Waals surface area contributed by atoms with Crippen LogP contribution in [-0.4, -0.2) is 59.0 Å². The Hall–Kier alpha value is -3.25. The highest BCUT2D eigenvalue weighted by atomic mass is 16.5. The van der Waals surface area contributed by atoms with Crippen LogP contribution in [0.25, 0.3) is 11.4 Å². The molecule has 1 aromatic heterocycles. The lowest BCUT2D eigenvalue weighted by Crippen LogP contribution is -2.48. The van der Waals surface area contributed by atoms with Gasteiger partial charge in [-0.3, -0.25) is 9.69 Å². The first-order valence-corrected chi connectivity index (χ1v) is 10.2. The normalized spacial score (nSPS) is 14.5. The lowest BCUT2D eigenvalue weighted by molar-refractivity contribution is 0.0627. The van der Waals surface area contributed by atoms with E-state index in [1.165, 1.54) is 5.56 Å². The van der Waals surface area contributed by atoms with Gasteiger partial charge in [-0.05, 0) is 36.8 Å². The molecule has 0 spiro atoms. The predicted octanol–water partition coefficient (Wildman–Crippen LogP) is 3.42. The van der Waals surface area contributed by atoms with Crippen LogP contribution >= 0.6 is 0 Å². The minimum absolute atomic E-state index is 0.00754. The highest BCUT2D eigenvalue weighted by Crippen LogP contribution is 2.21. The number of piperazine rings is 1. The quantitative estimate of drug-likeness (QED) is 0.655. The van der Waals surface area contributed by atoms with Gasteiger partial charge in [0.25, 0.3) is 5.91 Å². The summed E-state index contributed by atoms with van der Waals surface area (Å²) < 4.78 is 5.19. The predicted molar refractivity (Wildman–Crippen MR) is 116 cm³/mol. The molecule has 1 aliphatic heterocycles. The molecule has 0 atom stereocenters. The van der Waals surface area contributed by atoms with Crippen molar-refractivity contribution in [3.05, 3.63) is 77.6 Å². The van der Waals surface area contributed by atoms with Crippen LogP contribution in [0, 0.1) is 6.92 Å². The number of rotatable bonds is 5. The highest BCUT2D eigenvalue weighted by Gasteiger charge is 2.24. The number of carbonyl (C=O) groups is 1. The number of hydrogen-bond acceptors (Lipinski definition) is 5. The molecule has 1 fully saturated rings. The monoisotopic (exact) mass is 402 g/mol. The second-order valence-corrected chi connectivity index (χ2v) is 7.48. The van der Waals surface area contributed by atoms with Gasteiger partial charge in [0.15, 0.2) is 5.82 Å². The van der Waals surface area contributed by atoms with Crippen molar-refractivity contribution in [2.24, 2.45) is 0 Å². The maximum Gasteiger partial charge on any atom is 0.257 e. The van der Waals surface area contributed by atoms with Gasteiger partial charge < -0.3 is 9.64 Å². The number of hydrogen-bond donors (Lipinski definition) is 0. The van der Waals surface area contributed by atoms with Crippen LogP contribution in [0.4, 0.5) is 0 Å². The summed E-state index contributed by atoms with van der Waals surface area (Å²) in [5.41, 5.74) is 3.47. The molecule has 1 aliphatic rings. The SMILES string of the molecule is COc1ccc(-c2ncc(C(=O)N3CCN(Cc4ccccc4)CC3)c(C)n2)cc1. The Morgan fingerprint density at radius 3 is 2.33 bits per heavy atom. The standard InChI is InChI=1S/C24H26N4O2/c1-18-22(16-25-23(26-18)20-8-10-21(30-2)11-9-20)24(29)28-14-12-27(13-15-28)17-19-6-4-3-5-7-19/h3-11,16H,12-15,17H2,1-2H3. The van der Waals surface area contributed by atoms with Crippen LogP contribution in [0.3, 0.4) is 0 Å². The molecule has 1 amide bonds. The fraction of sp³-hybridized carbons (Fsp3) is 0.292. The van der Waals surface area contributed by atoms with Crippen LogP contribution in [0.15, 0.2) is 60.8 Å². The molecule has 6 heteroatoms. The van der Waals surface area contributed by atoms with Gasteiger partial charge in [0.05, 0.1) is 18.4 Å². The van der Waals surface area contributed by atoms with Gasteiger partial charge in [-0.2, -0.15) is 0 Å². The summed E-state index contributed by atoms with van der Waals surface area (Å²) in [4.78, 5) is 26.3. The highest BCUT2D eigenvalue weighted by molar-refractivity contribution is 5.95. The van der Waals surface area contributed by atoms with Gasteiger partial charge in [0.1, 0.15) is 5.75 Å². The van der Waals surface area contributed by atoms with Crippen molar-refractivity contribution in [2.45, 2.75) is 13.5 Å². The summed E-state index contributed by atoms with van der Waals surface area (Å²) in [6.45, 7) is 5.95. The third kappa shape index (κ3) is 4.49. The molecule has 30 heavy (non-hydrogen) atoms. The van der Waals surface area contributed by atoms with Crippen LogP contribution in [-0.2, 0) is 6.54 Å². The van der Waals surface area contributed by atoms with Crippen LogP contribution in [0.5, 0.6) is 5.75 Å². The summed E-state index contributed by atoms with van der Waals surface area (Å²) in [6.07, 6.45) is 1.65. The number of ether oxygens (including phenoxy) is 1. The molecular weight excluding hydrogens is 376 g/mol. The Morgan fingerprint density at radius 1 is 1.00 bits per heavy atom. The summed E-state index contributed by atoms with van der Waals surface area (Å²) in [6, 6.07) is 18.0. The molecule has 1 saturated heterocycles. The second-order valence-electron chi connectivity index (χ2n) is 7.48. The van der Waals surface area contributed by atoms with Crippen molar-refractivity contribution < 1.29 is 9.53 Å². The van der Waals surface area contributed by atoms with Crippen molar-refractivity contribution in [3.8, 4) is 17.1 Å². The lowest BCUT2D eigenvalue weighted by atomic mass is 10.1. The fourth-order valence-electron chi connectivity index (χ4n) is 3.68. The molecule has 0 unspecified atom stereocenters. The van der Waals surface area contributed by atoms with E-state index in [1.807, 2.05) is 42.2 Å². The molecule has 4 rings (SSSR count). The zero-order chi connectivity index (χ0) is 20.9. The number of methoxy groups -OCH3 is 1. The van der Waals surface area contributed by atoms with E-state index in [4.69, 9.17) is 4.74 Å². The molecule has 2 aromatic carbocycles. The Labute approximate surface area is 177 Å². The molecule has 0 N–H and O–H groups in total. The zero-order valence-electron chi connectivity index (χ0n) is 17.4. The van der Waals surface area contributed by atoms with Crippen molar-refractivity contribution in [3.63, 3.8) is 0 Å². The number of carbonyl (C=O) groups excluding carboxylic acids is 1. The van der Waals surface area contributed by atoms with Gasteiger partial charge in [-0.15, -0.1) is 0 Å². The molecule has 0 bridgehead atoms. The molecule has 3 aromatic rings. The molecule has 154 valence electrons. The number of nitrogens with zero attached hydrogens (tertiary/aromatic N) is 4. The second kappa shape index (κ2) is 9.05. The van der Waals surface area contributed by atoms with E-state index >= 15 is 0 Å². The van der Waals surface area contributed by atoms with Gasteiger partial charge >= 0.3 is 0 Å². The van der Waals surface area contributed by atoms with E-state index in [0.29, 0.717) is 30.2 Å². The van der Waals surface area contributed by atoms with Gasteiger partial charge in [0, 0.05) is 44.5 Å². The number of aryl methyl sites for hydroxylation is 1. The van der Waals surface area contributed by atoms with Crippen molar-refractivity contribution in [2.75, 3.05) is 33.3 Å². The van der Waals surface area contributed by atoms with E-state index in [-0.39, 0.29) is 5.91 Å². The minimum atomic E-state index is 0.00754. The summed E-state index contributed by atoms with van der Waals surface area (Å²) in [5.74, 6) is 1.40. The molecule has 6 nitrogen and oxygen atoms in total. The van der Waals surface area contributed by atoms with Crippen molar-refractivity contribution >= 4 is 5.91 Å². The topological polar surface area (TPSA) is 58.6 Å². The molecule has 2 heterocycles. The maximum absolute atomic E-state index is 13.0. The van der Waals surface area contributed by atoms with Gasteiger partial charge in [0.2, 0.25) is 0 Å². The fourth-order valence-corrected chi connectivity index (χ4v) is 3.68. The van der Waals surface area contributed by atoms with Gasteiger partial charge in [-0.1, -0.05) is 30.3 Å². The number of aromatic nitrogens is 2. The smallest absolute Gasteiger partial charge is 0.257 e. The first kappa shape index (κ1) is 20.0.